The summed E-state index contributed by atoms with van der Waals surface area (Å²) in [5.74, 6) is 1.40. The Labute approximate surface area is 124 Å². The summed E-state index contributed by atoms with van der Waals surface area (Å²) in [5.41, 5.74) is 2.19. The Morgan fingerprint density at radius 1 is 1.26 bits per heavy atom. The van der Waals surface area contributed by atoms with Gasteiger partial charge in [0, 0.05) is 24.1 Å². The van der Waals surface area contributed by atoms with E-state index in [0.717, 1.165) is 16.4 Å². The summed E-state index contributed by atoms with van der Waals surface area (Å²) < 4.78 is 0. The Kier molecular flexibility index (Phi) is 4.67. The summed E-state index contributed by atoms with van der Waals surface area (Å²) >= 11 is 11.8. The topological polar surface area (TPSA) is 16.1 Å². The molecule has 2 aromatic rings. The van der Waals surface area contributed by atoms with E-state index in [9.17, 15) is 0 Å². The van der Waals surface area contributed by atoms with Crippen molar-refractivity contribution in [2.24, 2.45) is 0 Å². The first-order chi connectivity index (χ1) is 9.11. The zero-order valence-electron chi connectivity index (χ0n) is 11.0. The third-order valence-corrected chi connectivity index (χ3v) is 3.78. The monoisotopic (exact) mass is 294 g/mol. The zero-order valence-corrected chi connectivity index (χ0v) is 12.5. The van der Waals surface area contributed by atoms with Crippen LogP contribution in [-0.2, 0) is 5.88 Å². The fraction of sp³-hybridized carbons (Fsp3) is 0.267. The average Bonchev–Trinajstić information content (AvgIpc) is 2.46. The quantitative estimate of drug-likeness (QED) is 0.762. The van der Waals surface area contributed by atoms with Gasteiger partial charge >= 0.3 is 0 Å². The molecule has 0 N–H and O–H groups in total. The maximum atomic E-state index is 6.03. The minimum atomic E-state index is 0.202. The molecule has 2 rings (SSSR count). The van der Waals surface area contributed by atoms with Crippen LogP contribution in [0.4, 0.5) is 5.82 Å². The van der Waals surface area contributed by atoms with Crippen LogP contribution in [0.5, 0.6) is 0 Å². The number of alkyl halides is 1. The Hall–Kier alpha value is -1.25. The molecule has 0 bridgehead atoms. The van der Waals surface area contributed by atoms with Gasteiger partial charge in [0.2, 0.25) is 0 Å². The smallest absolute Gasteiger partial charge is 0.128 e. The Morgan fingerprint density at radius 3 is 2.63 bits per heavy atom. The van der Waals surface area contributed by atoms with Gasteiger partial charge in [-0.3, -0.25) is 0 Å². The highest BCUT2D eigenvalue weighted by Gasteiger charge is 2.13. The van der Waals surface area contributed by atoms with E-state index in [4.69, 9.17) is 23.2 Å². The van der Waals surface area contributed by atoms with Gasteiger partial charge in [0.25, 0.3) is 0 Å². The molecule has 0 saturated heterocycles. The Morgan fingerprint density at radius 2 is 2.05 bits per heavy atom. The predicted molar refractivity (Wildman–Crippen MR) is 82.1 cm³/mol. The zero-order chi connectivity index (χ0) is 13.8. The fourth-order valence-corrected chi connectivity index (χ4v) is 2.25. The van der Waals surface area contributed by atoms with E-state index in [1.807, 2.05) is 43.6 Å². The minimum Gasteiger partial charge on any atom is -0.353 e. The van der Waals surface area contributed by atoms with E-state index < -0.39 is 0 Å². The van der Waals surface area contributed by atoms with Crippen LogP contribution in [0, 0.1) is 0 Å². The molecule has 1 atom stereocenters. The van der Waals surface area contributed by atoms with Gasteiger partial charge in [0.1, 0.15) is 5.82 Å². The van der Waals surface area contributed by atoms with E-state index >= 15 is 0 Å². The average molecular weight is 295 g/mol. The second kappa shape index (κ2) is 6.27. The number of halogens is 2. The molecule has 0 aliphatic carbocycles. The fourth-order valence-electron chi connectivity index (χ4n) is 1.89. The van der Waals surface area contributed by atoms with Crippen molar-refractivity contribution in [2.75, 3.05) is 11.9 Å². The van der Waals surface area contributed by atoms with Crippen LogP contribution in [0.25, 0.3) is 0 Å². The Balaban J connectivity index is 2.20. The van der Waals surface area contributed by atoms with Crippen molar-refractivity contribution in [1.82, 2.24) is 4.98 Å². The van der Waals surface area contributed by atoms with Crippen LogP contribution < -0.4 is 4.90 Å². The standard InChI is InChI=1S/C15H16Cl2N2/c1-11(13-4-3-5-14(17)8-13)19(2)15-7-6-12(9-16)10-18-15/h3-8,10-11H,9H2,1-2H3. The van der Waals surface area contributed by atoms with Crippen LogP contribution in [0.15, 0.2) is 42.6 Å². The normalized spacial score (nSPS) is 12.2. The molecule has 0 aliphatic rings. The lowest BCUT2D eigenvalue weighted by Gasteiger charge is -2.26. The van der Waals surface area contributed by atoms with E-state index in [0.29, 0.717) is 5.88 Å². The molecule has 0 fully saturated rings. The van der Waals surface area contributed by atoms with E-state index in [2.05, 4.69) is 22.9 Å². The summed E-state index contributed by atoms with van der Waals surface area (Å²) in [6, 6.07) is 12.1. The molecule has 0 spiro atoms. The molecular formula is C15H16Cl2N2. The summed E-state index contributed by atoms with van der Waals surface area (Å²) in [4.78, 5) is 6.54. The third kappa shape index (κ3) is 3.40. The summed E-state index contributed by atoms with van der Waals surface area (Å²) in [6.45, 7) is 2.13. The van der Waals surface area contributed by atoms with Gasteiger partial charge in [-0.05, 0) is 36.2 Å². The van der Waals surface area contributed by atoms with Crippen LogP contribution in [0.1, 0.15) is 24.1 Å². The second-order valence-electron chi connectivity index (χ2n) is 4.50. The number of pyridine rings is 1. The molecule has 2 nitrogen and oxygen atoms in total. The molecule has 1 unspecified atom stereocenters. The molecule has 0 radical (unpaired) electrons. The van der Waals surface area contributed by atoms with Crippen LogP contribution in [0.3, 0.4) is 0 Å². The van der Waals surface area contributed by atoms with Gasteiger partial charge in [0.15, 0.2) is 0 Å². The number of hydrogen-bond donors (Lipinski definition) is 0. The van der Waals surface area contributed by atoms with Crippen molar-refractivity contribution in [2.45, 2.75) is 18.8 Å². The molecule has 1 aromatic heterocycles. The van der Waals surface area contributed by atoms with E-state index in [1.54, 1.807) is 0 Å². The molecule has 1 aromatic carbocycles. The lowest BCUT2D eigenvalue weighted by molar-refractivity contribution is 0.728. The van der Waals surface area contributed by atoms with Crippen LogP contribution in [0.2, 0.25) is 5.02 Å². The molecule has 100 valence electrons. The lowest BCUT2D eigenvalue weighted by atomic mass is 10.1. The first-order valence-electron chi connectivity index (χ1n) is 6.11. The Bertz CT molecular complexity index is 540. The lowest BCUT2D eigenvalue weighted by Crippen LogP contribution is -2.22. The second-order valence-corrected chi connectivity index (χ2v) is 5.20. The third-order valence-electron chi connectivity index (χ3n) is 3.24. The first kappa shape index (κ1) is 14.2. The van der Waals surface area contributed by atoms with E-state index in [1.165, 1.54) is 5.56 Å². The molecule has 1 heterocycles. The van der Waals surface area contributed by atoms with Gasteiger partial charge in [-0.2, -0.15) is 0 Å². The van der Waals surface area contributed by atoms with Gasteiger partial charge in [-0.25, -0.2) is 4.98 Å². The molecule has 0 amide bonds. The highest BCUT2D eigenvalue weighted by molar-refractivity contribution is 6.30. The predicted octanol–water partition coefficient (Wildman–Crippen LogP) is 4.67. The number of nitrogens with zero attached hydrogens (tertiary/aromatic N) is 2. The number of hydrogen-bond acceptors (Lipinski definition) is 2. The summed E-state index contributed by atoms with van der Waals surface area (Å²) in [7, 11) is 2.02. The number of aromatic nitrogens is 1. The SMILES string of the molecule is CC(c1cccc(Cl)c1)N(C)c1ccc(CCl)cn1. The van der Waals surface area contributed by atoms with Crippen molar-refractivity contribution in [3.05, 3.63) is 58.7 Å². The first-order valence-corrected chi connectivity index (χ1v) is 7.02. The molecule has 19 heavy (non-hydrogen) atoms. The molecular weight excluding hydrogens is 279 g/mol. The summed E-state index contributed by atoms with van der Waals surface area (Å²) in [6.07, 6.45) is 1.81. The van der Waals surface area contributed by atoms with Crippen LogP contribution in [-0.4, -0.2) is 12.0 Å². The van der Waals surface area contributed by atoms with Crippen molar-refractivity contribution in [3.8, 4) is 0 Å². The highest BCUT2D eigenvalue weighted by atomic mass is 35.5. The number of benzene rings is 1. The maximum absolute atomic E-state index is 6.03. The van der Waals surface area contributed by atoms with Crippen LogP contribution >= 0.6 is 23.2 Å². The largest absolute Gasteiger partial charge is 0.353 e. The van der Waals surface area contributed by atoms with Crippen molar-refractivity contribution in [1.29, 1.82) is 0 Å². The van der Waals surface area contributed by atoms with Crippen molar-refractivity contribution >= 4 is 29.0 Å². The minimum absolute atomic E-state index is 0.202. The molecule has 0 aliphatic heterocycles. The van der Waals surface area contributed by atoms with Crippen molar-refractivity contribution in [3.63, 3.8) is 0 Å². The van der Waals surface area contributed by atoms with Gasteiger partial charge in [-0.15, -0.1) is 11.6 Å². The maximum Gasteiger partial charge on any atom is 0.128 e. The number of rotatable bonds is 4. The molecule has 0 saturated carbocycles. The van der Waals surface area contributed by atoms with Crippen molar-refractivity contribution < 1.29 is 0 Å². The van der Waals surface area contributed by atoms with Gasteiger partial charge < -0.3 is 4.90 Å². The summed E-state index contributed by atoms with van der Waals surface area (Å²) in [5, 5.41) is 0.753. The van der Waals surface area contributed by atoms with Gasteiger partial charge in [-0.1, -0.05) is 29.8 Å². The molecule has 4 heteroatoms. The van der Waals surface area contributed by atoms with E-state index in [-0.39, 0.29) is 6.04 Å². The highest BCUT2D eigenvalue weighted by Crippen LogP contribution is 2.25. The van der Waals surface area contributed by atoms with Gasteiger partial charge in [0.05, 0.1) is 6.04 Å². The number of anilines is 1.